The summed E-state index contributed by atoms with van der Waals surface area (Å²) in [6.45, 7) is 0. The summed E-state index contributed by atoms with van der Waals surface area (Å²) in [5, 5.41) is 12.7. The van der Waals surface area contributed by atoms with Crippen LogP contribution in [0, 0.1) is 0 Å². The van der Waals surface area contributed by atoms with Gasteiger partial charge in [0.25, 0.3) is 0 Å². The Labute approximate surface area is 380 Å². The summed E-state index contributed by atoms with van der Waals surface area (Å²) >= 11 is 3.73. The highest BCUT2D eigenvalue weighted by Crippen LogP contribution is 2.45. The van der Waals surface area contributed by atoms with Crippen molar-refractivity contribution < 1.29 is 0 Å². The van der Waals surface area contributed by atoms with Crippen molar-refractivity contribution in [2.75, 3.05) is 0 Å². The molecule has 0 aliphatic carbocycles. The highest BCUT2D eigenvalue weighted by atomic mass is 32.1. The number of fused-ring (bicyclic) bond motifs is 15. The monoisotopic (exact) mass is 861 g/mol. The van der Waals surface area contributed by atoms with Crippen LogP contribution >= 0.6 is 22.7 Å². The van der Waals surface area contributed by atoms with E-state index in [1.165, 1.54) is 123 Å². The first-order valence-electron chi connectivity index (χ1n) is 22.2. The topological polar surface area (TPSA) is 14.8 Å². The maximum atomic E-state index is 2.52. The molecule has 5 aromatic heterocycles. The van der Waals surface area contributed by atoms with E-state index in [9.17, 15) is 0 Å². The maximum absolute atomic E-state index is 2.52. The molecule has 0 bridgehead atoms. The number of para-hydroxylation sites is 4. The predicted octanol–water partition coefficient (Wildman–Crippen LogP) is 17.4. The van der Waals surface area contributed by atoms with E-state index in [1.54, 1.807) is 0 Å². The van der Waals surface area contributed by atoms with Gasteiger partial charge in [0, 0.05) is 95.3 Å². The molecule has 0 fully saturated rings. The number of aromatic nitrogens is 3. The van der Waals surface area contributed by atoms with Gasteiger partial charge in [-0.3, -0.25) is 0 Å². The van der Waals surface area contributed by atoms with Crippen molar-refractivity contribution in [2.24, 2.45) is 0 Å². The predicted molar refractivity (Wildman–Crippen MR) is 281 cm³/mol. The minimum Gasteiger partial charge on any atom is -0.309 e. The Morgan fingerprint density at radius 3 is 1.22 bits per heavy atom. The fourth-order valence-electron chi connectivity index (χ4n) is 11.0. The van der Waals surface area contributed by atoms with Crippen LogP contribution in [0.15, 0.2) is 212 Å². The highest BCUT2D eigenvalue weighted by Gasteiger charge is 2.23. The van der Waals surface area contributed by atoms with Gasteiger partial charge < -0.3 is 13.7 Å². The quantitative estimate of drug-likeness (QED) is 0.167. The van der Waals surface area contributed by atoms with E-state index in [2.05, 4.69) is 226 Å². The second-order valence-electron chi connectivity index (χ2n) is 17.3. The summed E-state index contributed by atoms with van der Waals surface area (Å²) in [5.74, 6) is 0. The summed E-state index contributed by atoms with van der Waals surface area (Å²) in [6.07, 6.45) is 0. The van der Waals surface area contributed by atoms with Crippen molar-refractivity contribution in [3.63, 3.8) is 0 Å². The highest BCUT2D eigenvalue weighted by molar-refractivity contribution is 7.26. The molecule has 0 amide bonds. The molecule has 302 valence electrons. The van der Waals surface area contributed by atoms with Gasteiger partial charge in [0.05, 0.1) is 33.1 Å². The lowest BCUT2D eigenvalue weighted by Gasteiger charge is -2.16. The molecule has 65 heavy (non-hydrogen) atoms. The Kier molecular flexibility index (Phi) is 7.26. The van der Waals surface area contributed by atoms with Crippen LogP contribution in [0.1, 0.15) is 0 Å². The van der Waals surface area contributed by atoms with Crippen LogP contribution in [-0.4, -0.2) is 13.7 Å². The van der Waals surface area contributed by atoms with Gasteiger partial charge >= 0.3 is 0 Å². The largest absolute Gasteiger partial charge is 0.309 e. The van der Waals surface area contributed by atoms with E-state index in [-0.39, 0.29) is 0 Å². The summed E-state index contributed by atoms with van der Waals surface area (Å²) in [6, 6.07) is 79.2. The van der Waals surface area contributed by atoms with Crippen LogP contribution in [0.4, 0.5) is 0 Å². The number of nitrogens with zero attached hydrogens (tertiary/aromatic N) is 3. The molecule has 0 N–H and O–H groups in total. The number of hydrogen-bond donors (Lipinski definition) is 0. The van der Waals surface area contributed by atoms with Crippen LogP contribution < -0.4 is 0 Å². The zero-order valence-corrected chi connectivity index (χ0v) is 36.5. The molecule has 15 rings (SSSR count). The summed E-state index contributed by atoms with van der Waals surface area (Å²) in [7, 11) is 0. The number of thiophene rings is 2. The normalized spacial score (nSPS) is 12.3. The molecule has 0 aliphatic rings. The van der Waals surface area contributed by atoms with Gasteiger partial charge in [0.1, 0.15) is 0 Å². The van der Waals surface area contributed by atoms with Crippen LogP contribution in [-0.2, 0) is 0 Å². The van der Waals surface area contributed by atoms with Crippen molar-refractivity contribution in [2.45, 2.75) is 0 Å². The van der Waals surface area contributed by atoms with E-state index >= 15 is 0 Å². The van der Waals surface area contributed by atoms with Gasteiger partial charge in [-0.1, -0.05) is 115 Å². The van der Waals surface area contributed by atoms with Crippen molar-refractivity contribution in [3.05, 3.63) is 212 Å². The lowest BCUT2D eigenvalue weighted by molar-refractivity contribution is 1.17. The summed E-state index contributed by atoms with van der Waals surface area (Å²) in [5.41, 5.74) is 13.0. The summed E-state index contributed by atoms with van der Waals surface area (Å²) in [4.78, 5) is 0. The van der Waals surface area contributed by atoms with E-state index in [0.29, 0.717) is 0 Å². The van der Waals surface area contributed by atoms with Gasteiger partial charge in [0.15, 0.2) is 0 Å². The zero-order valence-electron chi connectivity index (χ0n) is 34.9. The van der Waals surface area contributed by atoms with Crippen LogP contribution in [0.3, 0.4) is 0 Å². The Balaban J connectivity index is 1.05. The lowest BCUT2D eigenvalue weighted by Crippen LogP contribution is -1.99. The van der Waals surface area contributed by atoms with Crippen LogP contribution in [0.2, 0.25) is 0 Å². The molecular formula is C60H35N3S2. The van der Waals surface area contributed by atoms with Crippen LogP contribution in [0.25, 0.3) is 134 Å². The van der Waals surface area contributed by atoms with Crippen LogP contribution in [0.5, 0.6) is 0 Å². The number of hydrogen-bond acceptors (Lipinski definition) is 2. The third kappa shape index (κ3) is 4.99. The Morgan fingerprint density at radius 2 is 0.646 bits per heavy atom. The Hall–Kier alpha value is -7.96. The molecule has 15 aromatic rings. The van der Waals surface area contributed by atoms with E-state index in [4.69, 9.17) is 0 Å². The Bertz CT molecular complexity index is 4440. The molecule has 0 saturated carbocycles. The minimum absolute atomic E-state index is 1.14. The lowest BCUT2D eigenvalue weighted by atomic mass is 9.98. The number of rotatable bonds is 4. The maximum Gasteiger partial charge on any atom is 0.0621 e. The average molecular weight is 862 g/mol. The van der Waals surface area contributed by atoms with Crippen molar-refractivity contribution >= 4 is 128 Å². The summed E-state index contributed by atoms with van der Waals surface area (Å²) < 4.78 is 12.7. The third-order valence-electron chi connectivity index (χ3n) is 13.8. The van der Waals surface area contributed by atoms with Gasteiger partial charge in [-0.2, -0.15) is 0 Å². The zero-order chi connectivity index (χ0) is 42.3. The molecule has 0 aliphatic heterocycles. The van der Waals surface area contributed by atoms with Crippen molar-refractivity contribution in [3.8, 4) is 28.2 Å². The molecule has 10 aromatic carbocycles. The first kappa shape index (κ1) is 35.5. The second kappa shape index (κ2) is 13.3. The third-order valence-corrected chi connectivity index (χ3v) is 16.1. The van der Waals surface area contributed by atoms with E-state index in [0.717, 1.165) is 11.4 Å². The molecule has 5 heterocycles. The van der Waals surface area contributed by atoms with E-state index < -0.39 is 0 Å². The second-order valence-corrected chi connectivity index (χ2v) is 19.4. The molecule has 0 saturated heterocycles. The number of benzene rings is 10. The fraction of sp³-hybridized carbons (Fsp3) is 0. The standard InChI is InChI=1S/C60H35N3S2/c1-7-19-51-40(13-1)41-14-2-8-20-52(41)62(51)39-34-46(60-50(35-39)43-16-4-10-22-54(43)63(60)38-27-30-59-49(33-38)45-18-6-12-24-57(45)65-59)36-25-28-55-47(31-36)42-15-3-9-21-53(42)61(55)37-26-29-58-48(32-37)44-17-5-11-23-56(44)64-58/h1-35H. The van der Waals surface area contributed by atoms with Gasteiger partial charge in [-0.05, 0) is 103 Å². The molecule has 0 unspecified atom stereocenters. The average Bonchev–Trinajstić information content (AvgIpc) is 4.17. The minimum atomic E-state index is 1.14. The molecule has 0 radical (unpaired) electrons. The molecule has 0 spiro atoms. The molecule has 3 nitrogen and oxygen atoms in total. The SMILES string of the molecule is c1ccc2c(c1)sc1ccc(-n3c4ccccc4c4cc(-c5cc(-n6c7ccccc7c7ccccc76)cc6c7ccccc7n(-c7ccc8sc9ccccc9c8c7)c56)ccc43)cc12. The van der Waals surface area contributed by atoms with Crippen molar-refractivity contribution in [1.82, 2.24) is 13.7 Å². The van der Waals surface area contributed by atoms with Gasteiger partial charge in [-0.25, -0.2) is 0 Å². The molecule has 0 atom stereocenters. The van der Waals surface area contributed by atoms with E-state index in [1.807, 2.05) is 22.7 Å². The van der Waals surface area contributed by atoms with Gasteiger partial charge in [-0.15, -0.1) is 22.7 Å². The fourth-order valence-corrected chi connectivity index (χ4v) is 13.2. The van der Waals surface area contributed by atoms with Crippen molar-refractivity contribution in [1.29, 1.82) is 0 Å². The first-order chi connectivity index (χ1) is 32.2. The first-order valence-corrected chi connectivity index (χ1v) is 23.8. The smallest absolute Gasteiger partial charge is 0.0621 e. The molecular weight excluding hydrogens is 827 g/mol. The molecule has 5 heteroatoms. The Morgan fingerprint density at radius 1 is 0.246 bits per heavy atom. The van der Waals surface area contributed by atoms with Gasteiger partial charge in [0.2, 0.25) is 0 Å².